The van der Waals surface area contributed by atoms with E-state index in [1.165, 1.54) is 16.2 Å². The van der Waals surface area contributed by atoms with E-state index in [4.69, 9.17) is 17.2 Å². The van der Waals surface area contributed by atoms with Gasteiger partial charge in [0.05, 0.1) is 12.1 Å². The summed E-state index contributed by atoms with van der Waals surface area (Å²) >= 11 is 1.21. The fraction of sp³-hybridized carbons (Fsp3) is 0.435. The van der Waals surface area contributed by atoms with E-state index in [0.717, 1.165) is 5.56 Å². The van der Waals surface area contributed by atoms with Crippen molar-refractivity contribution in [3.63, 3.8) is 0 Å². The maximum atomic E-state index is 13.2. The summed E-state index contributed by atoms with van der Waals surface area (Å²) < 4.78 is 0. The highest BCUT2D eigenvalue weighted by atomic mass is 32.1. The lowest BCUT2D eigenvalue weighted by Gasteiger charge is -2.28. The molecule has 1 aliphatic rings. The molecule has 2 heterocycles. The fourth-order valence-corrected chi connectivity index (χ4v) is 4.64. The molecule has 1 saturated heterocycles. The maximum Gasteiger partial charge on any atom is 0.243 e. The normalized spacial score (nSPS) is 17.1. The van der Waals surface area contributed by atoms with Gasteiger partial charge in [-0.3, -0.25) is 19.4 Å². The van der Waals surface area contributed by atoms with Crippen molar-refractivity contribution in [3.05, 3.63) is 52.5 Å². The van der Waals surface area contributed by atoms with Crippen LogP contribution < -0.4 is 22.5 Å². The molecular formula is C23H31N7O3S. The highest BCUT2D eigenvalue weighted by Crippen LogP contribution is 2.20. The predicted octanol–water partition coefficient (Wildman–Crippen LogP) is 0.425. The second-order valence-corrected chi connectivity index (χ2v) is 9.09. The van der Waals surface area contributed by atoms with Crippen LogP contribution in [0.5, 0.6) is 0 Å². The first-order chi connectivity index (χ1) is 16.4. The molecule has 0 bridgehead atoms. The van der Waals surface area contributed by atoms with E-state index in [2.05, 4.69) is 15.3 Å². The summed E-state index contributed by atoms with van der Waals surface area (Å²) in [6, 6.07) is 7.32. The van der Waals surface area contributed by atoms with Crippen LogP contribution in [0.25, 0.3) is 0 Å². The van der Waals surface area contributed by atoms with Gasteiger partial charge >= 0.3 is 0 Å². The van der Waals surface area contributed by atoms with Crippen LogP contribution in [0.1, 0.15) is 41.0 Å². The first-order valence-corrected chi connectivity index (χ1v) is 12.1. The standard InChI is InChI=1S/C23H31N7O3S/c24-16(14-15-6-2-1-3-7-15)22(33)30-12-5-9-18(30)20(32)29-17(8-4-10-28-23(25)26)19(31)21-27-11-13-34-21/h1-3,6-7,11,13,16-18H,4-5,8-10,12,14,24H2,(H,29,32)(H4,25,26,28)/t16-,17?,18+/m1/s1. The number of nitrogens with two attached hydrogens (primary N) is 3. The number of rotatable bonds is 11. The van der Waals surface area contributed by atoms with Crippen molar-refractivity contribution in [2.75, 3.05) is 13.1 Å². The topological polar surface area (TPSA) is 170 Å². The van der Waals surface area contributed by atoms with Gasteiger partial charge in [0.25, 0.3) is 0 Å². The number of likely N-dealkylation sites (tertiary alicyclic amines) is 1. The van der Waals surface area contributed by atoms with Gasteiger partial charge in [-0.05, 0) is 37.7 Å². The fourth-order valence-electron chi connectivity index (χ4n) is 4.01. The van der Waals surface area contributed by atoms with Crippen LogP contribution >= 0.6 is 11.3 Å². The van der Waals surface area contributed by atoms with Crippen LogP contribution in [0.2, 0.25) is 0 Å². The molecule has 1 aromatic carbocycles. The molecule has 3 rings (SSSR count). The Kier molecular flexibility index (Phi) is 9.11. The summed E-state index contributed by atoms with van der Waals surface area (Å²) in [4.78, 5) is 48.7. The molecule has 3 atom stereocenters. The number of carbonyl (C=O) groups excluding carboxylic acids is 3. The average Bonchev–Trinajstić information content (AvgIpc) is 3.53. The van der Waals surface area contributed by atoms with Crippen LogP contribution in [0.4, 0.5) is 0 Å². The summed E-state index contributed by atoms with van der Waals surface area (Å²) in [6.45, 7) is 0.789. The van der Waals surface area contributed by atoms with Crippen molar-refractivity contribution >= 4 is 34.9 Å². The van der Waals surface area contributed by atoms with Gasteiger partial charge in [0, 0.05) is 24.7 Å². The van der Waals surface area contributed by atoms with Crippen LogP contribution in [-0.4, -0.2) is 64.7 Å². The zero-order valence-electron chi connectivity index (χ0n) is 18.9. The van der Waals surface area contributed by atoms with Crippen molar-refractivity contribution in [2.24, 2.45) is 22.2 Å². The number of thiazole rings is 1. The number of benzene rings is 1. The number of amides is 2. The number of ketones is 1. The molecule has 34 heavy (non-hydrogen) atoms. The van der Waals surface area contributed by atoms with Crippen LogP contribution in [-0.2, 0) is 16.0 Å². The molecule has 10 nitrogen and oxygen atoms in total. The Morgan fingerprint density at radius 1 is 1.24 bits per heavy atom. The van der Waals surface area contributed by atoms with Gasteiger partial charge in [-0.1, -0.05) is 30.3 Å². The Morgan fingerprint density at radius 2 is 2.00 bits per heavy atom. The Hall–Kier alpha value is -3.31. The van der Waals surface area contributed by atoms with Crippen LogP contribution in [0.15, 0.2) is 46.9 Å². The lowest BCUT2D eigenvalue weighted by Crippen LogP contribution is -2.54. The van der Waals surface area contributed by atoms with Gasteiger partial charge in [0.15, 0.2) is 11.0 Å². The van der Waals surface area contributed by atoms with E-state index < -0.39 is 18.1 Å². The molecule has 0 radical (unpaired) electrons. The minimum Gasteiger partial charge on any atom is -0.370 e. The van der Waals surface area contributed by atoms with Crippen molar-refractivity contribution in [3.8, 4) is 0 Å². The first kappa shape index (κ1) is 25.3. The van der Waals surface area contributed by atoms with Gasteiger partial charge in [-0.15, -0.1) is 11.3 Å². The Balaban J connectivity index is 1.65. The Bertz CT molecular complexity index is 993. The second kappa shape index (κ2) is 12.2. The van der Waals surface area contributed by atoms with Crippen molar-refractivity contribution in [2.45, 2.75) is 50.2 Å². The zero-order chi connectivity index (χ0) is 24.5. The van der Waals surface area contributed by atoms with Crippen molar-refractivity contribution < 1.29 is 14.4 Å². The highest BCUT2D eigenvalue weighted by molar-refractivity contribution is 7.11. The predicted molar refractivity (Wildman–Crippen MR) is 131 cm³/mol. The number of aromatic nitrogens is 1. The number of Topliss-reactive ketones (excluding diaryl/α,β-unsaturated/α-hetero) is 1. The highest BCUT2D eigenvalue weighted by Gasteiger charge is 2.37. The lowest BCUT2D eigenvalue weighted by atomic mass is 10.0. The van der Waals surface area contributed by atoms with E-state index in [-0.39, 0.29) is 23.6 Å². The lowest BCUT2D eigenvalue weighted by molar-refractivity contribution is -0.139. The molecule has 2 aromatic rings. The van der Waals surface area contributed by atoms with E-state index in [1.807, 2.05) is 30.3 Å². The molecule has 7 N–H and O–H groups in total. The molecule has 11 heteroatoms. The number of nitrogens with zero attached hydrogens (tertiary/aromatic N) is 3. The molecule has 1 aromatic heterocycles. The number of hydrogen-bond donors (Lipinski definition) is 4. The van der Waals surface area contributed by atoms with E-state index >= 15 is 0 Å². The van der Waals surface area contributed by atoms with Gasteiger partial charge in [-0.2, -0.15) is 0 Å². The second-order valence-electron chi connectivity index (χ2n) is 8.20. The maximum absolute atomic E-state index is 13.2. The molecule has 0 saturated carbocycles. The summed E-state index contributed by atoms with van der Waals surface area (Å²) in [6.07, 6.45) is 3.98. The number of carbonyl (C=O) groups is 3. The molecule has 1 aliphatic heterocycles. The third-order valence-electron chi connectivity index (χ3n) is 5.68. The van der Waals surface area contributed by atoms with E-state index in [1.54, 1.807) is 11.6 Å². The summed E-state index contributed by atoms with van der Waals surface area (Å²) in [5.74, 6) is -0.935. The first-order valence-electron chi connectivity index (χ1n) is 11.3. The van der Waals surface area contributed by atoms with Gasteiger partial charge in [0.1, 0.15) is 6.04 Å². The van der Waals surface area contributed by atoms with Crippen molar-refractivity contribution in [1.82, 2.24) is 15.2 Å². The monoisotopic (exact) mass is 485 g/mol. The van der Waals surface area contributed by atoms with Gasteiger partial charge < -0.3 is 27.4 Å². The quantitative estimate of drug-likeness (QED) is 0.155. The molecule has 0 aliphatic carbocycles. The third kappa shape index (κ3) is 6.84. The largest absolute Gasteiger partial charge is 0.370 e. The number of guanidine groups is 1. The van der Waals surface area contributed by atoms with Gasteiger partial charge in [-0.25, -0.2) is 4.98 Å². The minimum absolute atomic E-state index is 0.0289. The summed E-state index contributed by atoms with van der Waals surface area (Å²) in [5.41, 5.74) is 17.9. The molecule has 0 spiro atoms. The Labute approximate surface area is 202 Å². The van der Waals surface area contributed by atoms with Crippen LogP contribution in [0, 0.1) is 0 Å². The minimum atomic E-state index is -0.789. The average molecular weight is 486 g/mol. The summed E-state index contributed by atoms with van der Waals surface area (Å²) in [5, 5.41) is 4.86. The third-order valence-corrected chi connectivity index (χ3v) is 6.46. The van der Waals surface area contributed by atoms with E-state index in [0.29, 0.717) is 50.2 Å². The zero-order valence-corrected chi connectivity index (χ0v) is 19.7. The molecule has 2 amide bonds. The molecule has 1 fully saturated rings. The Morgan fingerprint density at radius 3 is 2.68 bits per heavy atom. The molecule has 1 unspecified atom stereocenters. The number of aliphatic imine (C=N–C) groups is 1. The number of nitrogens with one attached hydrogen (secondary N) is 1. The molecular weight excluding hydrogens is 454 g/mol. The SMILES string of the molecule is NC(N)=NCCCC(NC(=O)[C@@H]1CCCN1C(=O)[C@H](N)Cc1ccccc1)C(=O)c1nccs1. The molecule has 182 valence electrons. The number of hydrogen-bond acceptors (Lipinski definition) is 7. The van der Waals surface area contributed by atoms with Crippen molar-refractivity contribution in [1.29, 1.82) is 0 Å². The smallest absolute Gasteiger partial charge is 0.243 e. The van der Waals surface area contributed by atoms with Gasteiger partial charge in [0.2, 0.25) is 17.6 Å². The summed E-state index contributed by atoms with van der Waals surface area (Å²) in [7, 11) is 0. The van der Waals surface area contributed by atoms with Crippen LogP contribution in [0.3, 0.4) is 0 Å². The van der Waals surface area contributed by atoms with E-state index in [9.17, 15) is 14.4 Å².